The largest absolute Gasteiger partial charge is 0.390 e. The number of anilines is 1. The molecule has 0 amide bonds. The number of alkyl halides is 1. The van der Waals surface area contributed by atoms with Crippen LogP contribution in [-0.2, 0) is 6.61 Å². The Bertz CT molecular complexity index is 1210. The van der Waals surface area contributed by atoms with Gasteiger partial charge in [0.15, 0.2) is 11.5 Å². The van der Waals surface area contributed by atoms with Gasteiger partial charge in [-0.1, -0.05) is 19.3 Å². The molecule has 9 heteroatoms. The second kappa shape index (κ2) is 7.32. The third-order valence-corrected chi connectivity index (χ3v) is 5.86. The highest BCUT2D eigenvalue weighted by molar-refractivity contribution is 5.93. The number of rotatable bonds is 5. The SMILES string of the molecule is OCc1cnc2c(F)cc(-c3c[nH]c4nc(NCC5(F)CCCCC5)ncc34)cn12. The summed E-state index contributed by atoms with van der Waals surface area (Å²) in [6, 6.07) is 1.40. The summed E-state index contributed by atoms with van der Waals surface area (Å²) in [5.74, 6) is -0.126. The molecule has 4 heterocycles. The molecule has 30 heavy (non-hydrogen) atoms. The van der Waals surface area contributed by atoms with Crippen LogP contribution in [0.25, 0.3) is 27.8 Å². The average Bonchev–Trinajstić information content (AvgIpc) is 3.36. The first-order valence-electron chi connectivity index (χ1n) is 10.1. The van der Waals surface area contributed by atoms with E-state index < -0.39 is 11.5 Å². The summed E-state index contributed by atoms with van der Waals surface area (Å²) < 4.78 is 30.9. The van der Waals surface area contributed by atoms with Gasteiger partial charge in [0.25, 0.3) is 0 Å². The van der Waals surface area contributed by atoms with Crippen molar-refractivity contribution < 1.29 is 13.9 Å². The smallest absolute Gasteiger partial charge is 0.224 e. The quantitative estimate of drug-likeness (QED) is 0.461. The van der Waals surface area contributed by atoms with Crippen LogP contribution in [0, 0.1) is 5.82 Å². The van der Waals surface area contributed by atoms with Gasteiger partial charge < -0.3 is 15.4 Å². The molecule has 0 unspecified atom stereocenters. The number of aliphatic hydroxyl groups is 1. The number of halogens is 2. The zero-order chi connectivity index (χ0) is 20.7. The van der Waals surface area contributed by atoms with Crippen molar-refractivity contribution in [3.8, 4) is 11.1 Å². The lowest BCUT2D eigenvalue weighted by Gasteiger charge is -2.29. The first-order chi connectivity index (χ1) is 14.6. The van der Waals surface area contributed by atoms with Gasteiger partial charge >= 0.3 is 0 Å². The van der Waals surface area contributed by atoms with E-state index in [0.29, 0.717) is 35.7 Å². The molecule has 0 saturated heterocycles. The number of nitrogens with zero attached hydrogens (tertiary/aromatic N) is 4. The molecule has 1 aliphatic carbocycles. The monoisotopic (exact) mass is 412 g/mol. The summed E-state index contributed by atoms with van der Waals surface area (Å²) in [6.45, 7) is -0.0509. The number of H-pyrrole nitrogens is 1. The molecule has 156 valence electrons. The van der Waals surface area contributed by atoms with Crippen LogP contribution < -0.4 is 5.32 Å². The zero-order valence-corrected chi connectivity index (χ0v) is 16.3. The molecule has 0 aliphatic heterocycles. The van der Waals surface area contributed by atoms with Crippen molar-refractivity contribution in [2.75, 3.05) is 11.9 Å². The highest BCUT2D eigenvalue weighted by atomic mass is 19.1. The van der Waals surface area contributed by atoms with Crippen molar-refractivity contribution in [2.24, 2.45) is 0 Å². The van der Waals surface area contributed by atoms with E-state index in [1.54, 1.807) is 18.6 Å². The van der Waals surface area contributed by atoms with Crippen LogP contribution >= 0.6 is 0 Å². The van der Waals surface area contributed by atoms with Crippen LogP contribution in [0.2, 0.25) is 0 Å². The van der Waals surface area contributed by atoms with Crippen molar-refractivity contribution in [1.82, 2.24) is 24.3 Å². The minimum Gasteiger partial charge on any atom is -0.390 e. The van der Waals surface area contributed by atoms with E-state index in [-0.39, 0.29) is 18.8 Å². The minimum atomic E-state index is -1.21. The number of nitrogens with one attached hydrogen (secondary N) is 2. The van der Waals surface area contributed by atoms with E-state index in [2.05, 4.69) is 25.3 Å². The first-order valence-corrected chi connectivity index (χ1v) is 10.1. The maximum absolute atomic E-state index is 14.8. The van der Waals surface area contributed by atoms with E-state index >= 15 is 0 Å². The van der Waals surface area contributed by atoms with Crippen LogP contribution in [-0.4, -0.2) is 41.7 Å². The number of pyridine rings is 1. The van der Waals surface area contributed by atoms with Gasteiger partial charge in [0.2, 0.25) is 5.95 Å². The second-order valence-corrected chi connectivity index (χ2v) is 7.90. The number of fused-ring (bicyclic) bond motifs is 2. The first kappa shape index (κ1) is 18.9. The topological polar surface area (TPSA) is 91.1 Å². The molecule has 0 aromatic carbocycles. The van der Waals surface area contributed by atoms with E-state index in [9.17, 15) is 13.9 Å². The molecule has 4 aromatic heterocycles. The van der Waals surface area contributed by atoms with Crippen LogP contribution in [0.5, 0.6) is 0 Å². The molecule has 5 rings (SSSR count). The molecule has 4 aromatic rings. The third kappa shape index (κ3) is 3.28. The van der Waals surface area contributed by atoms with Crippen LogP contribution in [0.15, 0.2) is 30.9 Å². The van der Waals surface area contributed by atoms with E-state index in [1.165, 1.54) is 16.7 Å². The molecule has 0 spiro atoms. The van der Waals surface area contributed by atoms with E-state index in [4.69, 9.17) is 0 Å². The predicted octanol–water partition coefficient (Wildman–Crippen LogP) is 3.99. The fourth-order valence-electron chi connectivity index (χ4n) is 4.19. The van der Waals surface area contributed by atoms with E-state index in [1.807, 2.05) is 0 Å². The molecule has 3 N–H and O–H groups in total. The molecule has 1 aliphatic rings. The number of aromatic nitrogens is 5. The summed E-state index contributed by atoms with van der Waals surface area (Å²) in [4.78, 5) is 15.9. The molecular weight excluding hydrogens is 390 g/mol. The lowest BCUT2D eigenvalue weighted by atomic mass is 9.86. The lowest BCUT2D eigenvalue weighted by Crippen LogP contribution is -2.34. The van der Waals surface area contributed by atoms with Crippen LogP contribution in [0.4, 0.5) is 14.7 Å². The maximum Gasteiger partial charge on any atom is 0.224 e. The van der Waals surface area contributed by atoms with E-state index in [0.717, 1.165) is 30.2 Å². The van der Waals surface area contributed by atoms with Crippen molar-refractivity contribution in [1.29, 1.82) is 0 Å². The Morgan fingerprint density at radius 1 is 1.20 bits per heavy atom. The van der Waals surface area contributed by atoms with Gasteiger partial charge in [0.1, 0.15) is 11.3 Å². The summed E-state index contributed by atoms with van der Waals surface area (Å²) in [5.41, 5.74) is 1.36. The van der Waals surface area contributed by atoms with Gasteiger partial charge in [-0.3, -0.25) is 4.40 Å². The van der Waals surface area contributed by atoms with Gasteiger partial charge in [0, 0.05) is 35.1 Å². The Morgan fingerprint density at radius 3 is 2.83 bits per heavy atom. The number of aromatic amines is 1. The normalized spacial score (nSPS) is 16.4. The fourth-order valence-corrected chi connectivity index (χ4v) is 4.19. The number of hydrogen-bond acceptors (Lipinski definition) is 5. The predicted molar refractivity (Wildman–Crippen MR) is 109 cm³/mol. The Hall–Kier alpha value is -3.07. The highest BCUT2D eigenvalue weighted by Gasteiger charge is 2.31. The molecule has 0 bridgehead atoms. The average molecular weight is 412 g/mol. The van der Waals surface area contributed by atoms with Crippen molar-refractivity contribution in [3.63, 3.8) is 0 Å². The summed E-state index contributed by atoms with van der Waals surface area (Å²) >= 11 is 0. The second-order valence-electron chi connectivity index (χ2n) is 7.90. The van der Waals surface area contributed by atoms with Crippen LogP contribution in [0.3, 0.4) is 0 Å². The Balaban J connectivity index is 1.45. The summed E-state index contributed by atoms with van der Waals surface area (Å²) in [6.07, 6.45) is 10.6. The van der Waals surface area contributed by atoms with Gasteiger partial charge in [-0.25, -0.2) is 18.7 Å². The standard InChI is InChI=1S/C21H22F2N6O/c22-17-6-13(10-29-14(11-30)7-25-19(17)29)15-8-24-18-16(15)9-26-20(28-18)27-12-21(23)4-2-1-3-5-21/h6-10,30H,1-5,11-12H2,(H2,24,26,27,28). The lowest BCUT2D eigenvalue weighted by molar-refractivity contribution is 0.122. The molecule has 1 fully saturated rings. The van der Waals surface area contributed by atoms with Gasteiger partial charge in [-0.15, -0.1) is 0 Å². The Morgan fingerprint density at radius 2 is 2.03 bits per heavy atom. The Labute approximate surface area is 171 Å². The maximum atomic E-state index is 14.8. The van der Waals surface area contributed by atoms with Gasteiger partial charge in [-0.05, 0) is 18.9 Å². The summed E-state index contributed by atoms with van der Waals surface area (Å²) in [5, 5.41) is 13.2. The van der Waals surface area contributed by atoms with Crippen molar-refractivity contribution in [3.05, 3.63) is 42.4 Å². The van der Waals surface area contributed by atoms with Crippen molar-refractivity contribution in [2.45, 2.75) is 44.4 Å². The molecular formula is C21H22F2N6O. The highest BCUT2D eigenvalue weighted by Crippen LogP contribution is 2.32. The van der Waals surface area contributed by atoms with Gasteiger partial charge in [-0.2, -0.15) is 4.98 Å². The number of hydrogen-bond donors (Lipinski definition) is 3. The molecule has 0 radical (unpaired) electrons. The van der Waals surface area contributed by atoms with Gasteiger partial charge in [0.05, 0.1) is 25.0 Å². The Kier molecular flexibility index (Phi) is 4.62. The van der Waals surface area contributed by atoms with Crippen LogP contribution in [0.1, 0.15) is 37.8 Å². The summed E-state index contributed by atoms with van der Waals surface area (Å²) in [7, 11) is 0. The zero-order valence-electron chi connectivity index (χ0n) is 16.3. The number of imidazole rings is 1. The molecule has 1 saturated carbocycles. The fraction of sp³-hybridized carbons (Fsp3) is 0.381. The molecule has 7 nitrogen and oxygen atoms in total. The minimum absolute atomic E-state index is 0.160. The third-order valence-electron chi connectivity index (χ3n) is 5.86. The molecule has 0 atom stereocenters. The van der Waals surface area contributed by atoms with Crippen molar-refractivity contribution >= 4 is 22.6 Å². The number of aliphatic hydroxyl groups excluding tert-OH is 1.